The molecule has 4 heteroatoms. The van der Waals surface area contributed by atoms with Gasteiger partial charge in [0.25, 0.3) is 0 Å². The summed E-state index contributed by atoms with van der Waals surface area (Å²) in [5.41, 5.74) is 0. The zero-order valence-corrected chi connectivity index (χ0v) is 11.6. The summed E-state index contributed by atoms with van der Waals surface area (Å²) in [6.07, 6.45) is 9.84. The minimum atomic E-state index is -2.87. The molecule has 1 heterocycles. The molecule has 16 heavy (non-hydrogen) atoms. The number of rotatable bonds is 4. The summed E-state index contributed by atoms with van der Waals surface area (Å²) < 4.78 is 24.0. The summed E-state index contributed by atoms with van der Waals surface area (Å²) >= 11 is 0. The molecule has 0 bridgehead atoms. The summed E-state index contributed by atoms with van der Waals surface area (Å²) in [7, 11) is -2.87. The third-order valence-electron chi connectivity index (χ3n) is 2.62. The van der Waals surface area contributed by atoms with Crippen molar-refractivity contribution in [1.29, 1.82) is 0 Å². The fourth-order valence-corrected chi connectivity index (χ4v) is 2.75. The van der Waals surface area contributed by atoms with Gasteiger partial charge >= 0.3 is 0 Å². The van der Waals surface area contributed by atoms with Gasteiger partial charge < -0.3 is 0 Å². The van der Waals surface area contributed by atoms with Crippen LogP contribution in [0.2, 0.25) is 0 Å². The van der Waals surface area contributed by atoms with Crippen molar-refractivity contribution in [3.63, 3.8) is 0 Å². The molecule has 0 aromatic heterocycles. The van der Waals surface area contributed by atoms with Crippen LogP contribution in [0.4, 0.5) is 0 Å². The molecule has 0 amide bonds. The van der Waals surface area contributed by atoms with E-state index in [1.807, 2.05) is 0 Å². The summed E-state index contributed by atoms with van der Waals surface area (Å²) in [5, 5.41) is 0. The Labute approximate surface area is 101 Å². The monoisotopic (exact) mass is 249 g/mol. The van der Waals surface area contributed by atoms with E-state index in [2.05, 4.69) is 18.6 Å². The average Bonchev–Trinajstić information content (AvgIpc) is 2.44. The standard InChI is InChI=1S/C7H16.C5H11NO2S/c1-3-5-7-6-4-2;7-9(8)5-3-1-2-4-6-9/h3-7H2,1-2H3;6H,1-5H2. The van der Waals surface area contributed by atoms with Gasteiger partial charge in [-0.15, -0.1) is 0 Å². The van der Waals surface area contributed by atoms with Gasteiger partial charge in [0.2, 0.25) is 10.0 Å². The van der Waals surface area contributed by atoms with Gasteiger partial charge in [0.05, 0.1) is 5.75 Å². The molecule has 0 atom stereocenters. The van der Waals surface area contributed by atoms with Gasteiger partial charge in [-0.1, -0.05) is 52.4 Å². The number of hydrogen-bond acceptors (Lipinski definition) is 2. The van der Waals surface area contributed by atoms with Gasteiger partial charge in [-0.2, -0.15) is 0 Å². The van der Waals surface area contributed by atoms with Crippen LogP contribution < -0.4 is 4.72 Å². The highest BCUT2D eigenvalue weighted by molar-refractivity contribution is 7.89. The van der Waals surface area contributed by atoms with Gasteiger partial charge in [-0.05, 0) is 12.8 Å². The van der Waals surface area contributed by atoms with Crippen molar-refractivity contribution in [3.8, 4) is 0 Å². The maximum atomic E-state index is 10.8. The second kappa shape index (κ2) is 10.1. The van der Waals surface area contributed by atoms with Crippen LogP contribution in [0.3, 0.4) is 0 Å². The molecule has 1 saturated heterocycles. The van der Waals surface area contributed by atoms with Crippen LogP contribution in [0, 0.1) is 0 Å². The van der Waals surface area contributed by atoms with Crippen molar-refractivity contribution in [3.05, 3.63) is 0 Å². The van der Waals surface area contributed by atoms with Gasteiger partial charge in [0, 0.05) is 6.54 Å². The normalized spacial score (nSPS) is 19.4. The molecule has 1 aliphatic rings. The topological polar surface area (TPSA) is 46.2 Å². The third-order valence-corrected chi connectivity index (χ3v) is 4.09. The molecule has 0 aliphatic carbocycles. The Kier molecular flexibility index (Phi) is 10.0. The minimum absolute atomic E-state index is 0.312. The van der Waals surface area contributed by atoms with E-state index in [4.69, 9.17) is 0 Å². The average molecular weight is 249 g/mol. The Balaban J connectivity index is 0.000000293. The number of sulfonamides is 1. The molecule has 0 spiro atoms. The van der Waals surface area contributed by atoms with Crippen LogP contribution in [0.15, 0.2) is 0 Å². The van der Waals surface area contributed by atoms with E-state index in [-0.39, 0.29) is 0 Å². The van der Waals surface area contributed by atoms with E-state index in [0.29, 0.717) is 12.3 Å². The Morgan fingerprint density at radius 1 is 0.938 bits per heavy atom. The van der Waals surface area contributed by atoms with Crippen molar-refractivity contribution in [2.75, 3.05) is 12.3 Å². The van der Waals surface area contributed by atoms with Crippen LogP contribution in [0.5, 0.6) is 0 Å². The van der Waals surface area contributed by atoms with E-state index >= 15 is 0 Å². The molecular weight excluding hydrogens is 222 g/mol. The van der Waals surface area contributed by atoms with Crippen molar-refractivity contribution < 1.29 is 8.42 Å². The molecule has 1 aliphatic heterocycles. The highest BCUT2D eigenvalue weighted by Crippen LogP contribution is 2.02. The number of unbranched alkanes of at least 4 members (excludes halogenated alkanes) is 4. The van der Waals surface area contributed by atoms with Crippen molar-refractivity contribution >= 4 is 10.0 Å². The molecule has 1 N–H and O–H groups in total. The first-order valence-electron chi connectivity index (χ1n) is 6.59. The van der Waals surface area contributed by atoms with E-state index in [9.17, 15) is 8.42 Å². The second-order valence-electron chi connectivity index (χ2n) is 4.33. The van der Waals surface area contributed by atoms with Gasteiger partial charge in [0.1, 0.15) is 0 Å². The summed E-state index contributed by atoms with van der Waals surface area (Å²) in [4.78, 5) is 0. The van der Waals surface area contributed by atoms with Crippen LogP contribution in [0.25, 0.3) is 0 Å². The Morgan fingerprint density at radius 3 is 2.12 bits per heavy atom. The molecule has 0 saturated carbocycles. The Morgan fingerprint density at radius 2 is 1.56 bits per heavy atom. The highest BCUT2D eigenvalue weighted by atomic mass is 32.2. The highest BCUT2D eigenvalue weighted by Gasteiger charge is 2.11. The second-order valence-corrected chi connectivity index (χ2v) is 6.26. The van der Waals surface area contributed by atoms with Crippen LogP contribution in [-0.4, -0.2) is 20.7 Å². The molecule has 1 rings (SSSR count). The maximum absolute atomic E-state index is 10.8. The van der Waals surface area contributed by atoms with Crippen molar-refractivity contribution in [2.45, 2.75) is 65.2 Å². The SMILES string of the molecule is CCCCCCC.O=S1(=O)CCCCCN1. The first-order chi connectivity index (χ1) is 7.62. The fraction of sp³-hybridized carbons (Fsp3) is 1.00. The maximum Gasteiger partial charge on any atom is 0.211 e. The molecule has 0 unspecified atom stereocenters. The lowest BCUT2D eigenvalue weighted by atomic mass is 10.2. The quantitative estimate of drug-likeness (QED) is 0.778. The van der Waals surface area contributed by atoms with Crippen LogP contribution in [-0.2, 0) is 10.0 Å². The van der Waals surface area contributed by atoms with E-state index in [1.165, 1.54) is 32.1 Å². The van der Waals surface area contributed by atoms with Gasteiger partial charge in [-0.25, -0.2) is 13.1 Å². The predicted octanol–water partition coefficient (Wildman–Crippen LogP) is 3.07. The van der Waals surface area contributed by atoms with Gasteiger partial charge in [0.15, 0.2) is 0 Å². The smallest absolute Gasteiger partial charge is 0.211 e. The Hall–Kier alpha value is -0.0900. The minimum Gasteiger partial charge on any atom is -0.215 e. The largest absolute Gasteiger partial charge is 0.215 e. The molecule has 1 fully saturated rings. The molecule has 98 valence electrons. The van der Waals surface area contributed by atoms with Crippen molar-refractivity contribution in [2.24, 2.45) is 0 Å². The van der Waals surface area contributed by atoms with Crippen molar-refractivity contribution in [1.82, 2.24) is 4.72 Å². The molecular formula is C12H27NO2S. The molecule has 0 aromatic rings. The molecule has 0 radical (unpaired) electrons. The van der Waals surface area contributed by atoms with Crippen LogP contribution in [0.1, 0.15) is 65.2 Å². The third kappa shape index (κ3) is 10.4. The van der Waals surface area contributed by atoms with E-state index in [0.717, 1.165) is 19.3 Å². The Bertz CT molecular complexity index is 219. The lowest BCUT2D eigenvalue weighted by Gasteiger charge is -1.96. The zero-order valence-electron chi connectivity index (χ0n) is 10.8. The summed E-state index contributed by atoms with van der Waals surface area (Å²) in [6, 6.07) is 0. The number of hydrogen-bond donors (Lipinski definition) is 1. The predicted molar refractivity (Wildman–Crippen MR) is 70.1 cm³/mol. The first-order valence-corrected chi connectivity index (χ1v) is 8.25. The lowest BCUT2D eigenvalue weighted by molar-refractivity contribution is 0.585. The summed E-state index contributed by atoms with van der Waals surface area (Å²) in [6.45, 7) is 5.12. The zero-order chi connectivity index (χ0) is 12.3. The summed E-state index contributed by atoms with van der Waals surface area (Å²) in [5.74, 6) is 0.312. The van der Waals surface area contributed by atoms with Gasteiger partial charge in [-0.3, -0.25) is 0 Å². The lowest BCUT2D eigenvalue weighted by Crippen LogP contribution is -2.24. The molecule has 3 nitrogen and oxygen atoms in total. The molecule has 0 aromatic carbocycles. The van der Waals surface area contributed by atoms with E-state index < -0.39 is 10.0 Å². The van der Waals surface area contributed by atoms with Crippen LogP contribution >= 0.6 is 0 Å². The number of nitrogens with one attached hydrogen (secondary N) is 1. The van der Waals surface area contributed by atoms with E-state index in [1.54, 1.807) is 0 Å². The first kappa shape index (κ1) is 15.9. The fourth-order valence-electron chi connectivity index (χ4n) is 1.57.